The Morgan fingerprint density at radius 3 is 2.79 bits per heavy atom. The molecule has 1 fully saturated rings. The van der Waals surface area contributed by atoms with Crippen molar-refractivity contribution in [3.05, 3.63) is 29.3 Å². The predicted octanol–water partition coefficient (Wildman–Crippen LogP) is 4.19. The number of aromatic nitrogens is 1. The molecule has 0 atom stereocenters. The van der Waals surface area contributed by atoms with Crippen LogP contribution in [0.2, 0.25) is 0 Å². The van der Waals surface area contributed by atoms with Crippen molar-refractivity contribution in [2.45, 2.75) is 32.2 Å². The Balaban J connectivity index is 1.60. The molecule has 1 N–H and O–H groups in total. The summed E-state index contributed by atoms with van der Waals surface area (Å²) in [5.74, 6) is 0.778. The van der Waals surface area contributed by atoms with Crippen LogP contribution in [0.4, 0.5) is 0 Å². The van der Waals surface area contributed by atoms with Crippen molar-refractivity contribution in [2.24, 2.45) is 5.41 Å². The van der Waals surface area contributed by atoms with Gasteiger partial charge < -0.3 is 5.32 Å². The first kappa shape index (κ1) is 13.3. The van der Waals surface area contributed by atoms with Gasteiger partial charge in [0.05, 0.1) is 10.2 Å². The molecule has 1 heterocycles. The minimum atomic E-state index is 0.332. The van der Waals surface area contributed by atoms with Gasteiger partial charge in [-0.2, -0.15) is 0 Å². The third kappa shape index (κ3) is 2.93. The lowest BCUT2D eigenvalue weighted by Gasteiger charge is -2.26. The van der Waals surface area contributed by atoms with Crippen molar-refractivity contribution in [3.63, 3.8) is 0 Å². The Morgan fingerprint density at radius 2 is 2.05 bits per heavy atom. The highest BCUT2D eigenvalue weighted by Gasteiger charge is 2.32. The first-order valence-electron chi connectivity index (χ1n) is 6.92. The van der Waals surface area contributed by atoms with Crippen molar-refractivity contribution < 1.29 is 0 Å². The second-order valence-electron chi connectivity index (χ2n) is 5.52. The molecule has 0 unspecified atom stereocenters. The van der Waals surface area contributed by atoms with E-state index in [0.29, 0.717) is 5.41 Å². The number of fused-ring (bicyclic) bond motifs is 1. The molecule has 2 aromatic rings. The third-order valence-corrected chi connectivity index (χ3v) is 5.67. The van der Waals surface area contributed by atoms with E-state index in [9.17, 15) is 0 Å². The zero-order chi connectivity index (χ0) is 13.1. The van der Waals surface area contributed by atoms with Gasteiger partial charge >= 0.3 is 0 Å². The van der Waals surface area contributed by atoms with Crippen LogP contribution in [0.25, 0.3) is 10.2 Å². The smallest absolute Gasteiger partial charge is 0.108 e. The molecule has 0 radical (unpaired) electrons. The summed E-state index contributed by atoms with van der Waals surface area (Å²) in [6.07, 6.45) is 5.19. The van der Waals surface area contributed by atoms with E-state index < -0.39 is 0 Å². The van der Waals surface area contributed by atoms with E-state index >= 15 is 0 Å². The molecule has 0 bridgehead atoms. The fourth-order valence-corrected chi connectivity index (χ4v) is 4.21. The molecule has 1 aliphatic rings. The lowest BCUT2D eigenvalue weighted by atomic mass is 9.88. The molecule has 0 aliphatic heterocycles. The lowest BCUT2D eigenvalue weighted by molar-refractivity contribution is 0.320. The number of halogens is 1. The van der Waals surface area contributed by atoms with Gasteiger partial charge in [0.1, 0.15) is 5.01 Å². The quantitative estimate of drug-likeness (QED) is 0.837. The van der Waals surface area contributed by atoms with Gasteiger partial charge in [0.15, 0.2) is 0 Å². The number of alkyl halides is 1. The number of rotatable bonds is 5. The molecular weight excluding hydrogens is 276 g/mol. The van der Waals surface area contributed by atoms with Crippen LogP contribution in [0.15, 0.2) is 24.3 Å². The Morgan fingerprint density at radius 1 is 1.26 bits per heavy atom. The zero-order valence-corrected chi connectivity index (χ0v) is 12.6. The maximum atomic E-state index is 6.16. The molecule has 1 saturated carbocycles. The van der Waals surface area contributed by atoms with Crippen LogP contribution in [0.3, 0.4) is 0 Å². The van der Waals surface area contributed by atoms with Crippen LogP contribution in [0, 0.1) is 5.41 Å². The van der Waals surface area contributed by atoms with E-state index in [-0.39, 0.29) is 0 Å². The second kappa shape index (κ2) is 5.78. The van der Waals surface area contributed by atoms with Gasteiger partial charge in [0.25, 0.3) is 0 Å². The van der Waals surface area contributed by atoms with E-state index in [4.69, 9.17) is 11.6 Å². The Bertz CT molecular complexity index is 513. The van der Waals surface area contributed by atoms with E-state index in [1.165, 1.54) is 35.4 Å². The van der Waals surface area contributed by atoms with Crippen LogP contribution in [0.1, 0.15) is 30.7 Å². The van der Waals surface area contributed by atoms with Gasteiger partial charge in [0, 0.05) is 19.0 Å². The first-order valence-corrected chi connectivity index (χ1v) is 8.28. The molecule has 102 valence electrons. The number of benzene rings is 1. The summed E-state index contributed by atoms with van der Waals surface area (Å²) in [6.45, 7) is 1.88. The molecule has 0 amide bonds. The monoisotopic (exact) mass is 294 g/mol. The van der Waals surface area contributed by atoms with Gasteiger partial charge in [0.2, 0.25) is 0 Å². The zero-order valence-electron chi connectivity index (χ0n) is 11.0. The second-order valence-corrected chi connectivity index (χ2v) is 6.90. The van der Waals surface area contributed by atoms with Gasteiger partial charge in [-0.1, -0.05) is 25.0 Å². The average molecular weight is 295 g/mol. The van der Waals surface area contributed by atoms with Crippen molar-refractivity contribution in [3.8, 4) is 0 Å². The van der Waals surface area contributed by atoms with Crippen molar-refractivity contribution in [1.29, 1.82) is 0 Å². The van der Waals surface area contributed by atoms with Gasteiger partial charge in [-0.25, -0.2) is 4.98 Å². The van der Waals surface area contributed by atoms with Gasteiger partial charge in [-0.15, -0.1) is 22.9 Å². The summed E-state index contributed by atoms with van der Waals surface area (Å²) >= 11 is 7.94. The summed E-state index contributed by atoms with van der Waals surface area (Å²) in [5, 5.41) is 4.73. The van der Waals surface area contributed by atoms with Gasteiger partial charge in [-0.3, -0.25) is 0 Å². The summed E-state index contributed by atoms with van der Waals surface area (Å²) in [6, 6.07) is 8.32. The first-order chi connectivity index (χ1) is 9.31. The number of nitrogens with zero attached hydrogens (tertiary/aromatic N) is 1. The molecule has 19 heavy (non-hydrogen) atoms. The highest BCUT2D eigenvalue weighted by atomic mass is 35.5. The average Bonchev–Trinajstić information content (AvgIpc) is 3.05. The summed E-state index contributed by atoms with van der Waals surface area (Å²) in [7, 11) is 0. The predicted molar refractivity (Wildman–Crippen MR) is 82.9 cm³/mol. The Kier molecular flexibility index (Phi) is 4.06. The number of nitrogens with one attached hydrogen (secondary N) is 1. The van der Waals surface area contributed by atoms with Crippen molar-refractivity contribution in [2.75, 3.05) is 12.4 Å². The summed E-state index contributed by atoms with van der Waals surface area (Å²) in [4.78, 5) is 4.65. The van der Waals surface area contributed by atoms with Crippen molar-refractivity contribution >= 4 is 33.2 Å². The van der Waals surface area contributed by atoms with Gasteiger partial charge in [-0.05, 0) is 30.4 Å². The van der Waals surface area contributed by atoms with Crippen LogP contribution in [-0.4, -0.2) is 17.4 Å². The van der Waals surface area contributed by atoms with E-state index in [1.54, 1.807) is 11.3 Å². The van der Waals surface area contributed by atoms with Crippen LogP contribution >= 0.6 is 22.9 Å². The standard InChI is InChI=1S/C15H19ClN2S/c16-10-15(7-3-4-8-15)11-17-9-14-18-12-5-1-2-6-13(12)19-14/h1-2,5-6,17H,3-4,7-11H2. The maximum absolute atomic E-state index is 6.16. The molecule has 1 aromatic heterocycles. The maximum Gasteiger partial charge on any atom is 0.108 e. The number of hydrogen-bond acceptors (Lipinski definition) is 3. The molecule has 4 heteroatoms. The Hall–Kier alpha value is -0.640. The summed E-state index contributed by atoms with van der Waals surface area (Å²) in [5.41, 5.74) is 1.44. The number of hydrogen-bond donors (Lipinski definition) is 1. The highest BCUT2D eigenvalue weighted by Crippen LogP contribution is 2.38. The van der Waals surface area contributed by atoms with E-state index in [2.05, 4.69) is 28.5 Å². The highest BCUT2D eigenvalue weighted by molar-refractivity contribution is 7.18. The third-order valence-electron chi connectivity index (χ3n) is 4.06. The van der Waals surface area contributed by atoms with E-state index in [1.807, 2.05) is 6.07 Å². The molecule has 0 spiro atoms. The van der Waals surface area contributed by atoms with E-state index in [0.717, 1.165) is 24.5 Å². The fourth-order valence-electron chi connectivity index (χ4n) is 2.91. The Labute approximate surface area is 123 Å². The molecule has 1 aliphatic carbocycles. The topological polar surface area (TPSA) is 24.9 Å². The molecule has 0 saturated heterocycles. The van der Waals surface area contributed by atoms with Crippen LogP contribution in [-0.2, 0) is 6.54 Å². The largest absolute Gasteiger partial charge is 0.310 e. The van der Waals surface area contributed by atoms with Crippen molar-refractivity contribution in [1.82, 2.24) is 10.3 Å². The molecule has 1 aromatic carbocycles. The number of thiazole rings is 1. The minimum absolute atomic E-state index is 0.332. The molecule has 3 rings (SSSR count). The lowest BCUT2D eigenvalue weighted by Crippen LogP contribution is -2.33. The van der Waals surface area contributed by atoms with Crippen LogP contribution < -0.4 is 5.32 Å². The fraction of sp³-hybridized carbons (Fsp3) is 0.533. The minimum Gasteiger partial charge on any atom is -0.310 e. The number of para-hydroxylation sites is 1. The summed E-state index contributed by atoms with van der Waals surface area (Å²) < 4.78 is 1.27. The molecular formula is C15H19ClN2S. The molecule has 2 nitrogen and oxygen atoms in total. The normalized spacial score (nSPS) is 18.2. The SMILES string of the molecule is ClCC1(CNCc2nc3ccccc3s2)CCCC1. The van der Waals surface area contributed by atoms with Crippen LogP contribution in [0.5, 0.6) is 0 Å².